The molecule has 1 heterocycles. The molecule has 2 fully saturated rings. The maximum Gasteiger partial charge on any atom is 0.0465 e. The van der Waals surface area contributed by atoms with Gasteiger partial charge in [-0.05, 0) is 63.4 Å². The molecule has 20 heavy (non-hydrogen) atoms. The summed E-state index contributed by atoms with van der Waals surface area (Å²) in [6, 6.07) is 6.59. The van der Waals surface area contributed by atoms with Gasteiger partial charge in [0.1, 0.15) is 0 Å². The maximum atomic E-state index is 6.25. The Morgan fingerprint density at radius 3 is 2.30 bits per heavy atom. The van der Waals surface area contributed by atoms with E-state index in [2.05, 4.69) is 10.2 Å². The SMILES string of the molecule is Clc1cccc(Cl)c1CN1CCC(CNC2CC2)CC1. The van der Waals surface area contributed by atoms with E-state index >= 15 is 0 Å². The zero-order chi connectivity index (χ0) is 13.9. The van der Waals surface area contributed by atoms with Gasteiger partial charge >= 0.3 is 0 Å². The van der Waals surface area contributed by atoms with Crippen molar-refractivity contribution in [1.82, 2.24) is 10.2 Å². The first-order valence-electron chi connectivity index (χ1n) is 7.61. The lowest BCUT2D eigenvalue weighted by Gasteiger charge is -2.32. The normalized spacial score (nSPS) is 21.3. The van der Waals surface area contributed by atoms with Crippen LogP contribution in [0.5, 0.6) is 0 Å². The summed E-state index contributed by atoms with van der Waals surface area (Å²) in [4.78, 5) is 2.47. The minimum Gasteiger partial charge on any atom is -0.314 e. The van der Waals surface area contributed by atoms with E-state index in [9.17, 15) is 0 Å². The van der Waals surface area contributed by atoms with Gasteiger partial charge in [0.2, 0.25) is 0 Å². The van der Waals surface area contributed by atoms with Gasteiger partial charge in [0.15, 0.2) is 0 Å². The third-order valence-corrected chi connectivity index (χ3v) is 5.13. The highest BCUT2D eigenvalue weighted by Gasteiger charge is 2.24. The van der Waals surface area contributed by atoms with Gasteiger partial charge in [-0.3, -0.25) is 4.90 Å². The molecule has 1 aliphatic heterocycles. The highest BCUT2D eigenvalue weighted by molar-refractivity contribution is 6.35. The molecule has 1 aliphatic carbocycles. The van der Waals surface area contributed by atoms with Crippen molar-refractivity contribution < 1.29 is 0 Å². The quantitative estimate of drug-likeness (QED) is 0.885. The van der Waals surface area contributed by atoms with Gasteiger partial charge in [-0.25, -0.2) is 0 Å². The molecule has 1 saturated carbocycles. The molecule has 3 rings (SSSR count). The van der Waals surface area contributed by atoms with E-state index in [1.165, 1.54) is 32.2 Å². The Balaban J connectivity index is 1.48. The number of nitrogens with zero attached hydrogens (tertiary/aromatic N) is 1. The van der Waals surface area contributed by atoms with Crippen molar-refractivity contribution in [2.75, 3.05) is 19.6 Å². The molecule has 0 spiro atoms. The molecule has 2 nitrogen and oxygen atoms in total. The summed E-state index contributed by atoms with van der Waals surface area (Å²) >= 11 is 12.5. The number of rotatable bonds is 5. The lowest BCUT2D eigenvalue weighted by atomic mass is 9.96. The Morgan fingerprint density at radius 2 is 1.70 bits per heavy atom. The van der Waals surface area contributed by atoms with Crippen LogP contribution in [0.2, 0.25) is 10.0 Å². The van der Waals surface area contributed by atoms with Crippen molar-refractivity contribution in [3.63, 3.8) is 0 Å². The molecule has 1 saturated heterocycles. The second kappa shape index (κ2) is 6.65. The molecule has 0 unspecified atom stereocenters. The molecule has 0 atom stereocenters. The second-order valence-electron chi connectivity index (χ2n) is 6.10. The van der Waals surface area contributed by atoms with Crippen LogP contribution in [-0.4, -0.2) is 30.6 Å². The Labute approximate surface area is 131 Å². The zero-order valence-corrected chi connectivity index (χ0v) is 13.3. The number of nitrogens with one attached hydrogen (secondary N) is 1. The van der Waals surface area contributed by atoms with Crippen LogP contribution in [-0.2, 0) is 6.54 Å². The van der Waals surface area contributed by atoms with E-state index < -0.39 is 0 Å². The van der Waals surface area contributed by atoms with E-state index in [0.717, 1.165) is 47.2 Å². The molecule has 0 radical (unpaired) electrons. The van der Waals surface area contributed by atoms with Gasteiger partial charge in [-0.15, -0.1) is 0 Å². The fourth-order valence-corrected chi connectivity index (χ4v) is 3.39. The van der Waals surface area contributed by atoms with Gasteiger partial charge in [0.25, 0.3) is 0 Å². The number of hydrogen-bond acceptors (Lipinski definition) is 2. The van der Waals surface area contributed by atoms with Gasteiger partial charge in [-0.2, -0.15) is 0 Å². The monoisotopic (exact) mass is 312 g/mol. The van der Waals surface area contributed by atoms with Crippen molar-refractivity contribution in [3.8, 4) is 0 Å². The standard InChI is InChI=1S/C16H22Cl2N2/c17-15-2-1-3-16(18)14(15)11-20-8-6-12(7-9-20)10-19-13-4-5-13/h1-3,12-13,19H,4-11H2. The van der Waals surface area contributed by atoms with Crippen LogP contribution in [0.4, 0.5) is 0 Å². The Kier molecular flexibility index (Phi) is 4.87. The van der Waals surface area contributed by atoms with Gasteiger partial charge < -0.3 is 5.32 Å². The topological polar surface area (TPSA) is 15.3 Å². The van der Waals surface area contributed by atoms with E-state index in [1.807, 2.05) is 18.2 Å². The highest BCUT2D eigenvalue weighted by atomic mass is 35.5. The summed E-state index contributed by atoms with van der Waals surface area (Å²) in [5.41, 5.74) is 1.07. The van der Waals surface area contributed by atoms with Crippen LogP contribution in [0.15, 0.2) is 18.2 Å². The molecule has 1 aromatic rings. The first-order chi connectivity index (χ1) is 9.72. The van der Waals surface area contributed by atoms with Crippen molar-refractivity contribution in [1.29, 1.82) is 0 Å². The van der Waals surface area contributed by atoms with Gasteiger partial charge in [-0.1, -0.05) is 29.3 Å². The first kappa shape index (κ1) is 14.6. The molecule has 110 valence electrons. The number of halogens is 2. The fraction of sp³-hybridized carbons (Fsp3) is 0.625. The summed E-state index contributed by atoms with van der Waals surface area (Å²) in [6.45, 7) is 4.38. The summed E-state index contributed by atoms with van der Waals surface area (Å²) in [5, 5.41) is 5.22. The lowest BCUT2D eigenvalue weighted by Crippen LogP contribution is -2.37. The molecular formula is C16H22Cl2N2. The van der Waals surface area contributed by atoms with Gasteiger partial charge in [0.05, 0.1) is 0 Å². The second-order valence-corrected chi connectivity index (χ2v) is 6.92. The molecule has 1 aromatic carbocycles. The molecule has 0 bridgehead atoms. The van der Waals surface area contributed by atoms with Crippen molar-refractivity contribution >= 4 is 23.2 Å². The van der Waals surface area contributed by atoms with Crippen molar-refractivity contribution in [3.05, 3.63) is 33.8 Å². The minimum atomic E-state index is 0.787. The summed E-state index contributed by atoms with van der Waals surface area (Å²) < 4.78 is 0. The van der Waals surface area contributed by atoms with Crippen molar-refractivity contribution in [2.24, 2.45) is 5.92 Å². The average Bonchev–Trinajstić information content (AvgIpc) is 3.26. The smallest absolute Gasteiger partial charge is 0.0465 e. The molecule has 0 aromatic heterocycles. The zero-order valence-electron chi connectivity index (χ0n) is 11.7. The number of piperidine rings is 1. The maximum absolute atomic E-state index is 6.25. The third-order valence-electron chi connectivity index (χ3n) is 4.42. The molecule has 0 amide bonds. The molecule has 2 aliphatic rings. The van der Waals surface area contributed by atoms with Crippen molar-refractivity contribution in [2.45, 2.75) is 38.3 Å². The number of likely N-dealkylation sites (tertiary alicyclic amines) is 1. The highest BCUT2D eigenvalue weighted by Crippen LogP contribution is 2.28. The minimum absolute atomic E-state index is 0.787. The summed E-state index contributed by atoms with van der Waals surface area (Å²) in [6.07, 6.45) is 5.32. The molecule has 1 N–H and O–H groups in total. The van der Waals surface area contributed by atoms with E-state index in [0.29, 0.717) is 0 Å². The third kappa shape index (κ3) is 3.88. The summed E-state index contributed by atoms with van der Waals surface area (Å²) in [5.74, 6) is 0.841. The predicted octanol–water partition coefficient (Wildman–Crippen LogP) is 3.96. The van der Waals surface area contributed by atoms with Crippen LogP contribution < -0.4 is 5.32 Å². The largest absolute Gasteiger partial charge is 0.314 e. The van der Waals surface area contributed by atoms with Gasteiger partial charge in [0, 0.05) is 28.2 Å². The van der Waals surface area contributed by atoms with Crippen LogP contribution >= 0.6 is 23.2 Å². The summed E-state index contributed by atoms with van der Waals surface area (Å²) in [7, 11) is 0. The molecular weight excluding hydrogens is 291 g/mol. The van der Waals surface area contributed by atoms with E-state index in [-0.39, 0.29) is 0 Å². The Bertz CT molecular complexity index is 432. The lowest BCUT2D eigenvalue weighted by molar-refractivity contribution is 0.175. The first-order valence-corrected chi connectivity index (χ1v) is 8.36. The molecule has 4 heteroatoms. The van der Waals surface area contributed by atoms with Crippen LogP contribution in [0, 0.1) is 5.92 Å². The van der Waals surface area contributed by atoms with Crippen LogP contribution in [0.25, 0.3) is 0 Å². The number of benzene rings is 1. The van der Waals surface area contributed by atoms with E-state index in [1.54, 1.807) is 0 Å². The number of hydrogen-bond donors (Lipinski definition) is 1. The Morgan fingerprint density at radius 1 is 1.05 bits per heavy atom. The predicted molar refractivity (Wildman–Crippen MR) is 85.5 cm³/mol. The average molecular weight is 313 g/mol. The van der Waals surface area contributed by atoms with Crippen LogP contribution in [0.3, 0.4) is 0 Å². The van der Waals surface area contributed by atoms with Crippen LogP contribution in [0.1, 0.15) is 31.2 Å². The fourth-order valence-electron chi connectivity index (χ4n) is 2.88. The Hall–Kier alpha value is -0.280. The van der Waals surface area contributed by atoms with E-state index in [4.69, 9.17) is 23.2 Å².